The predicted molar refractivity (Wildman–Crippen MR) is 91.4 cm³/mol. The van der Waals surface area contributed by atoms with Gasteiger partial charge in [-0.05, 0) is 54.7 Å². The largest absolute Gasteiger partial charge is 0.337 e. The number of carbonyl (C=O) groups excluding carboxylic acids is 1. The van der Waals surface area contributed by atoms with E-state index >= 15 is 0 Å². The summed E-state index contributed by atoms with van der Waals surface area (Å²) in [4.78, 5) is 19.1. The minimum atomic E-state index is 0.129. The number of aromatic nitrogens is 3. The molecule has 2 fully saturated rings. The molecule has 4 rings (SSSR count). The van der Waals surface area contributed by atoms with E-state index in [-0.39, 0.29) is 5.91 Å². The molecular weight excluding hydrogens is 300 g/mol. The van der Waals surface area contributed by atoms with Gasteiger partial charge in [0, 0.05) is 38.7 Å². The third kappa shape index (κ3) is 2.83. The average molecular weight is 324 g/mol. The molecule has 5 nitrogen and oxygen atoms in total. The lowest BCUT2D eigenvalue weighted by Gasteiger charge is -2.32. The number of likely N-dealkylation sites (tertiary alicyclic amines) is 1. The number of carbonyl (C=O) groups is 1. The second-order valence-corrected chi connectivity index (χ2v) is 7.23. The zero-order valence-corrected chi connectivity index (χ0v) is 14.1. The first-order valence-electron chi connectivity index (χ1n) is 8.88. The van der Waals surface area contributed by atoms with Crippen molar-refractivity contribution in [2.24, 2.45) is 24.8 Å². The highest BCUT2D eigenvalue weighted by Gasteiger charge is 2.42. The van der Waals surface area contributed by atoms with E-state index in [1.807, 2.05) is 36.5 Å². The van der Waals surface area contributed by atoms with Crippen LogP contribution in [0.4, 0.5) is 0 Å². The van der Waals surface area contributed by atoms with Crippen LogP contribution >= 0.6 is 0 Å². The molecule has 1 amide bonds. The number of rotatable bonds is 3. The van der Waals surface area contributed by atoms with Gasteiger partial charge in [-0.3, -0.25) is 14.5 Å². The van der Waals surface area contributed by atoms with E-state index in [1.54, 1.807) is 10.9 Å². The highest BCUT2D eigenvalue weighted by Crippen LogP contribution is 2.41. The molecule has 1 saturated heterocycles. The molecule has 2 aliphatic rings. The van der Waals surface area contributed by atoms with Gasteiger partial charge in [0.15, 0.2) is 0 Å². The van der Waals surface area contributed by atoms with Crippen molar-refractivity contribution >= 4 is 5.91 Å². The van der Waals surface area contributed by atoms with Crippen molar-refractivity contribution in [3.63, 3.8) is 0 Å². The van der Waals surface area contributed by atoms with Gasteiger partial charge in [-0.15, -0.1) is 0 Å². The molecule has 0 radical (unpaired) electrons. The maximum atomic E-state index is 12.8. The van der Waals surface area contributed by atoms with Crippen LogP contribution in [-0.4, -0.2) is 38.7 Å². The maximum Gasteiger partial charge on any atom is 0.272 e. The fourth-order valence-electron chi connectivity index (χ4n) is 4.58. The summed E-state index contributed by atoms with van der Waals surface area (Å²) in [6.07, 6.45) is 10.4. The van der Waals surface area contributed by atoms with Crippen LogP contribution in [0.25, 0.3) is 0 Å². The molecule has 126 valence electrons. The molecule has 1 aliphatic heterocycles. The Morgan fingerprint density at radius 1 is 1.25 bits per heavy atom. The molecule has 3 atom stereocenters. The molecule has 2 aromatic rings. The Labute approximate surface area is 142 Å². The van der Waals surface area contributed by atoms with Crippen LogP contribution in [0.3, 0.4) is 0 Å². The molecule has 5 heteroatoms. The number of fused-ring (bicyclic) bond motifs is 1. The van der Waals surface area contributed by atoms with Crippen LogP contribution in [0.2, 0.25) is 0 Å². The number of aryl methyl sites for hydroxylation is 1. The number of pyridine rings is 1. The van der Waals surface area contributed by atoms with E-state index in [1.165, 1.54) is 24.8 Å². The highest BCUT2D eigenvalue weighted by molar-refractivity contribution is 5.92. The van der Waals surface area contributed by atoms with Crippen LogP contribution in [0.5, 0.6) is 0 Å². The summed E-state index contributed by atoms with van der Waals surface area (Å²) in [5.74, 6) is 2.07. The van der Waals surface area contributed by atoms with Crippen LogP contribution < -0.4 is 0 Å². The smallest absolute Gasteiger partial charge is 0.272 e. The summed E-state index contributed by atoms with van der Waals surface area (Å²) in [5.41, 5.74) is 2.01. The lowest BCUT2D eigenvalue weighted by atomic mass is 9.72. The number of hydrogen-bond acceptors (Lipinski definition) is 3. The lowest BCUT2D eigenvalue weighted by Crippen LogP contribution is -2.31. The SMILES string of the molecule is Cn1nccc1C(=O)N1C[C@H]2CCC[C@H](Cc3cccnc3)[C@H]2C1. The van der Waals surface area contributed by atoms with Crippen molar-refractivity contribution in [3.05, 3.63) is 48.0 Å². The molecule has 0 aromatic carbocycles. The second-order valence-electron chi connectivity index (χ2n) is 7.23. The Morgan fingerprint density at radius 2 is 2.17 bits per heavy atom. The Bertz CT molecular complexity index is 711. The first kappa shape index (κ1) is 15.4. The molecule has 24 heavy (non-hydrogen) atoms. The molecule has 1 aliphatic carbocycles. The molecule has 0 unspecified atom stereocenters. The van der Waals surface area contributed by atoms with Gasteiger partial charge in [-0.1, -0.05) is 12.5 Å². The standard InChI is InChI=1S/C19H24N4O/c1-22-18(7-9-21-22)19(24)23-12-16-6-2-5-15(17(16)13-23)10-14-4-3-8-20-11-14/h3-4,7-9,11,15-17H,2,5-6,10,12-13H2,1H3/t15-,16-,17-/m1/s1. The Balaban J connectivity index is 1.48. The third-order valence-corrected chi connectivity index (χ3v) is 5.79. The minimum absolute atomic E-state index is 0.129. The number of nitrogens with zero attached hydrogens (tertiary/aromatic N) is 4. The molecular formula is C19H24N4O. The van der Waals surface area contributed by atoms with Crippen molar-refractivity contribution in [1.82, 2.24) is 19.7 Å². The van der Waals surface area contributed by atoms with Crippen molar-refractivity contribution in [2.75, 3.05) is 13.1 Å². The van der Waals surface area contributed by atoms with Crippen molar-refractivity contribution in [3.8, 4) is 0 Å². The van der Waals surface area contributed by atoms with E-state index in [0.29, 0.717) is 23.4 Å². The van der Waals surface area contributed by atoms with E-state index in [2.05, 4.69) is 16.1 Å². The van der Waals surface area contributed by atoms with Gasteiger partial charge in [0.2, 0.25) is 0 Å². The number of amides is 1. The van der Waals surface area contributed by atoms with E-state index in [9.17, 15) is 4.79 Å². The topological polar surface area (TPSA) is 51.0 Å². The first-order chi connectivity index (χ1) is 11.7. The van der Waals surface area contributed by atoms with Gasteiger partial charge in [-0.25, -0.2) is 0 Å². The molecule has 0 N–H and O–H groups in total. The lowest BCUT2D eigenvalue weighted by molar-refractivity contribution is 0.0770. The molecule has 3 heterocycles. The molecule has 0 bridgehead atoms. The van der Waals surface area contributed by atoms with Crippen LogP contribution in [0, 0.1) is 17.8 Å². The fourth-order valence-corrected chi connectivity index (χ4v) is 4.58. The quantitative estimate of drug-likeness (QED) is 0.872. The van der Waals surface area contributed by atoms with Crippen LogP contribution in [0.15, 0.2) is 36.8 Å². The Hall–Kier alpha value is -2.17. The van der Waals surface area contributed by atoms with E-state index in [4.69, 9.17) is 0 Å². The summed E-state index contributed by atoms with van der Waals surface area (Å²) in [6.45, 7) is 1.79. The van der Waals surface area contributed by atoms with Crippen LogP contribution in [-0.2, 0) is 13.5 Å². The van der Waals surface area contributed by atoms with Crippen molar-refractivity contribution in [2.45, 2.75) is 25.7 Å². The normalized spacial score (nSPS) is 26.4. The van der Waals surface area contributed by atoms with Gasteiger partial charge in [0.1, 0.15) is 5.69 Å². The summed E-state index contributed by atoms with van der Waals surface area (Å²) in [7, 11) is 1.83. The average Bonchev–Trinajstić information content (AvgIpc) is 3.22. The monoisotopic (exact) mass is 324 g/mol. The van der Waals surface area contributed by atoms with E-state index in [0.717, 1.165) is 19.5 Å². The molecule has 2 aromatic heterocycles. The summed E-state index contributed by atoms with van der Waals surface area (Å²) >= 11 is 0. The first-order valence-corrected chi connectivity index (χ1v) is 8.88. The summed E-state index contributed by atoms with van der Waals surface area (Å²) in [6, 6.07) is 6.00. The van der Waals surface area contributed by atoms with Crippen LogP contribution in [0.1, 0.15) is 35.3 Å². The van der Waals surface area contributed by atoms with E-state index < -0.39 is 0 Å². The predicted octanol–water partition coefficient (Wildman–Crippen LogP) is 2.55. The molecule has 0 spiro atoms. The molecule has 1 saturated carbocycles. The van der Waals surface area contributed by atoms with Crippen molar-refractivity contribution < 1.29 is 4.79 Å². The Kier molecular flexibility index (Phi) is 4.08. The highest BCUT2D eigenvalue weighted by atomic mass is 16.2. The zero-order chi connectivity index (χ0) is 16.5. The van der Waals surface area contributed by atoms with Gasteiger partial charge in [0.25, 0.3) is 5.91 Å². The second kappa shape index (κ2) is 6.38. The summed E-state index contributed by atoms with van der Waals surface area (Å²) < 4.78 is 1.68. The minimum Gasteiger partial charge on any atom is -0.337 e. The van der Waals surface area contributed by atoms with Gasteiger partial charge >= 0.3 is 0 Å². The maximum absolute atomic E-state index is 12.8. The third-order valence-electron chi connectivity index (χ3n) is 5.79. The number of hydrogen-bond donors (Lipinski definition) is 0. The van der Waals surface area contributed by atoms with Gasteiger partial charge < -0.3 is 4.90 Å². The summed E-state index contributed by atoms with van der Waals surface area (Å²) in [5, 5.41) is 4.13. The zero-order valence-electron chi connectivity index (χ0n) is 14.1. The Morgan fingerprint density at radius 3 is 2.92 bits per heavy atom. The van der Waals surface area contributed by atoms with Crippen molar-refractivity contribution in [1.29, 1.82) is 0 Å². The van der Waals surface area contributed by atoms with Gasteiger partial charge in [-0.2, -0.15) is 5.10 Å². The van der Waals surface area contributed by atoms with Gasteiger partial charge in [0.05, 0.1) is 0 Å². The fraction of sp³-hybridized carbons (Fsp3) is 0.526.